The number of hydrogen-bond acceptors (Lipinski definition) is 4. The van der Waals surface area contributed by atoms with E-state index >= 15 is 0 Å². The molecule has 5 aromatic rings. The lowest BCUT2D eigenvalue weighted by Crippen LogP contribution is -2.07. The first kappa shape index (κ1) is 19.9. The third-order valence-corrected chi connectivity index (χ3v) is 5.20. The molecule has 3 aromatic heterocycles. The molecule has 7 heteroatoms. The van der Waals surface area contributed by atoms with Gasteiger partial charge in [-0.15, -0.1) is 0 Å². The quantitative estimate of drug-likeness (QED) is 0.367. The van der Waals surface area contributed by atoms with Crippen molar-refractivity contribution in [2.45, 2.75) is 26.2 Å². The Bertz CT molecular complexity index is 1520. The van der Waals surface area contributed by atoms with Gasteiger partial charge in [0, 0.05) is 30.5 Å². The molecule has 0 atom stereocenters. The maximum atomic E-state index is 13.7. The van der Waals surface area contributed by atoms with Crippen LogP contribution >= 0.6 is 0 Å². The van der Waals surface area contributed by atoms with Crippen LogP contribution in [0.25, 0.3) is 16.6 Å². The van der Waals surface area contributed by atoms with Crippen LogP contribution in [0.15, 0.2) is 65.4 Å². The molecule has 32 heavy (non-hydrogen) atoms. The summed E-state index contributed by atoms with van der Waals surface area (Å²) in [4.78, 5) is 4.29. The first-order valence-corrected chi connectivity index (χ1v) is 10.1. The summed E-state index contributed by atoms with van der Waals surface area (Å²) in [5, 5.41) is 9.31. The number of aryl methyl sites for hydroxylation is 1. The molecule has 0 spiro atoms. The largest absolute Gasteiger partial charge is 0.355 e. The molecule has 0 N–H and O–H groups in total. The van der Waals surface area contributed by atoms with Gasteiger partial charge in [-0.05, 0) is 54.3 Å². The number of fused-ring (bicyclic) bond motifs is 2. The molecule has 0 saturated carbocycles. The Labute approximate surface area is 182 Å². The SMILES string of the molecule is Cc1cc(C#Cc2cnc3cccnn23)c2onc(Cc3cccc(C(C)(F)F)c3)c2c1. The van der Waals surface area contributed by atoms with Gasteiger partial charge in [-0.25, -0.2) is 18.3 Å². The summed E-state index contributed by atoms with van der Waals surface area (Å²) in [5.74, 6) is 3.35. The molecule has 0 aliphatic rings. The number of imidazole rings is 1. The molecule has 0 saturated heterocycles. The van der Waals surface area contributed by atoms with E-state index in [1.165, 1.54) is 12.1 Å². The molecule has 0 amide bonds. The minimum absolute atomic E-state index is 0.0211. The van der Waals surface area contributed by atoms with Crippen molar-refractivity contribution < 1.29 is 13.3 Å². The van der Waals surface area contributed by atoms with Crippen molar-refractivity contribution in [1.29, 1.82) is 0 Å². The monoisotopic (exact) mass is 428 g/mol. The summed E-state index contributed by atoms with van der Waals surface area (Å²) in [5.41, 5.74) is 5.03. The molecule has 0 aliphatic carbocycles. The Hall–Kier alpha value is -4.05. The van der Waals surface area contributed by atoms with Crippen LogP contribution in [0.4, 0.5) is 8.78 Å². The van der Waals surface area contributed by atoms with Crippen molar-refractivity contribution in [3.63, 3.8) is 0 Å². The number of nitrogens with zero attached hydrogens (tertiary/aromatic N) is 4. The standard InChI is InChI=1S/C25H18F2N4O/c1-16-11-18(8-9-20-15-28-23-7-4-10-29-31(20)23)24-21(12-16)22(30-32-24)14-17-5-3-6-19(13-17)25(2,26)27/h3-7,10-13,15H,14H2,1-2H3. The van der Waals surface area contributed by atoms with E-state index in [9.17, 15) is 8.78 Å². The Morgan fingerprint density at radius 2 is 1.97 bits per heavy atom. The number of benzene rings is 2. The first-order valence-electron chi connectivity index (χ1n) is 10.1. The zero-order valence-corrected chi connectivity index (χ0v) is 17.4. The van der Waals surface area contributed by atoms with Gasteiger partial charge in [0.15, 0.2) is 11.2 Å². The van der Waals surface area contributed by atoms with Gasteiger partial charge >= 0.3 is 0 Å². The first-order chi connectivity index (χ1) is 15.4. The number of alkyl halides is 2. The molecule has 2 aromatic carbocycles. The van der Waals surface area contributed by atoms with Gasteiger partial charge in [0.25, 0.3) is 5.92 Å². The molecule has 158 valence electrons. The van der Waals surface area contributed by atoms with Crippen molar-refractivity contribution in [2.75, 3.05) is 0 Å². The number of aromatic nitrogens is 4. The second-order valence-electron chi connectivity index (χ2n) is 7.77. The average molecular weight is 428 g/mol. The Balaban J connectivity index is 1.53. The van der Waals surface area contributed by atoms with Crippen molar-refractivity contribution in [3.05, 3.63) is 94.6 Å². The molecule has 5 rings (SSSR count). The van der Waals surface area contributed by atoms with E-state index in [0.717, 1.165) is 23.4 Å². The smallest absolute Gasteiger partial charge is 0.270 e. The third kappa shape index (κ3) is 3.71. The summed E-state index contributed by atoms with van der Waals surface area (Å²) < 4.78 is 34.7. The van der Waals surface area contributed by atoms with Crippen LogP contribution in [0.1, 0.15) is 40.6 Å². The van der Waals surface area contributed by atoms with E-state index in [-0.39, 0.29) is 5.56 Å². The number of hydrogen-bond donors (Lipinski definition) is 0. The van der Waals surface area contributed by atoms with Crippen LogP contribution in [0.5, 0.6) is 0 Å². The molecule has 0 radical (unpaired) electrons. The lowest BCUT2D eigenvalue weighted by molar-refractivity contribution is 0.0174. The van der Waals surface area contributed by atoms with Crippen LogP contribution in [0, 0.1) is 18.8 Å². The molecule has 3 heterocycles. The highest BCUT2D eigenvalue weighted by molar-refractivity contribution is 5.86. The minimum atomic E-state index is -2.89. The van der Waals surface area contributed by atoms with E-state index in [1.807, 2.05) is 37.3 Å². The highest BCUT2D eigenvalue weighted by atomic mass is 19.3. The van der Waals surface area contributed by atoms with Crippen LogP contribution in [0.3, 0.4) is 0 Å². The molecule has 0 bridgehead atoms. The van der Waals surface area contributed by atoms with E-state index in [2.05, 4.69) is 27.1 Å². The number of halogens is 2. The summed E-state index contributed by atoms with van der Waals surface area (Å²) in [6.45, 7) is 2.86. The lowest BCUT2D eigenvalue weighted by Gasteiger charge is -2.11. The van der Waals surface area contributed by atoms with E-state index in [1.54, 1.807) is 23.0 Å². The van der Waals surface area contributed by atoms with Gasteiger partial charge in [-0.3, -0.25) is 0 Å². The Kier molecular flexibility index (Phi) is 4.71. The fourth-order valence-corrected chi connectivity index (χ4v) is 3.65. The van der Waals surface area contributed by atoms with Crippen LogP contribution in [-0.2, 0) is 12.3 Å². The number of rotatable bonds is 3. The predicted molar refractivity (Wildman–Crippen MR) is 117 cm³/mol. The predicted octanol–water partition coefficient (Wildman–Crippen LogP) is 5.28. The Morgan fingerprint density at radius 1 is 1.09 bits per heavy atom. The molecular formula is C25H18F2N4O. The maximum absolute atomic E-state index is 13.7. The van der Waals surface area contributed by atoms with Crippen LogP contribution in [0.2, 0.25) is 0 Å². The Morgan fingerprint density at radius 3 is 2.81 bits per heavy atom. The molecule has 0 unspecified atom stereocenters. The maximum Gasteiger partial charge on any atom is 0.270 e. The van der Waals surface area contributed by atoms with E-state index < -0.39 is 5.92 Å². The molecule has 0 aliphatic heterocycles. The van der Waals surface area contributed by atoms with Crippen LogP contribution in [-0.4, -0.2) is 19.8 Å². The average Bonchev–Trinajstić information content (AvgIpc) is 3.36. The fraction of sp³-hybridized carbons (Fsp3) is 0.160. The van der Waals surface area contributed by atoms with Gasteiger partial charge in [-0.1, -0.05) is 29.3 Å². The second kappa shape index (κ2) is 7.57. The van der Waals surface area contributed by atoms with Crippen molar-refractivity contribution >= 4 is 16.6 Å². The molecular weight excluding hydrogens is 410 g/mol. The van der Waals surface area contributed by atoms with E-state index in [0.29, 0.717) is 34.6 Å². The highest BCUT2D eigenvalue weighted by Crippen LogP contribution is 2.29. The summed E-state index contributed by atoms with van der Waals surface area (Å²) in [6, 6.07) is 14.0. The van der Waals surface area contributed by atoms with E-state index in [4.69, 9.17) is 4.52 Å². The summed E-state index contributed by atoms with van der Waals surface area (Å²) in [6.07, 6.45) is 3.73. The lowest BCUT2D eigenvalue weighted by atomic mass is 10.0. The summed E-state index contributed by atoms with van der Waals surface area (Å²) in [7, 11) is 0. The fourth-order valence-electron chi connectivity index (χ4n) is 3.65. The van der Waals surface area contributed by atoms with Crippen molar-refractivity contribution in [2.24, 2.45) is 0 Å². The van der Waals surface area contributed by atoms with Crippen LogP contribution < -0.4 is 0 Å². The normalized spacial score (nSPS) is 11.6. The minimum Gasteiger partial charge on any atom is -0.355 e. The molecule has 0 fully saturated rings. The topological polar surface area (TPSA) is 56.2 Å². The van der Waals surface area contributed by atoms with Gasteiger partial charge in [0.05, 0.1) is 17.5 Å². The summed E-state index contributed by atoms with van der Waals surface area (Å²) >= 11 is 0. The molecule has 5 nitrogen and oxygen atoms in total. The van der Waals surface area contributed by atoms with Gasteiger partial charge in [0.2, 0.25) is 0 Å². The third-order valence-electron chi connectivity index (χ3n) is 5.20. The highest BCUT2D eigenvalue weighted by Gasteiger charge is 2.24. The van der Waals surface area contributed by atoms with Gasteiger partial charge in [0.1, 0.15) is 5.69 Å². The zero-order valence-electron chi connectivity index (χ0n) is 17.4. The van der Waals surface area contributed by atoms with Gasteiger partial charge < -0.3 is 4.52 Å². The zero-order chi connectivity index (χ0) is 22.3. The second-order valence-corrected chi connectivity index (χ2v) is 7.77. The van der Waals surface area contributed by atoms with Crippen molar-refractivity contribution in [3.8, 4) is 11.8 Å². The van der Waals surface area contributed by atoms with Crippen molar-refractivity contribution in [1.82, 2.24) is 19.8 Å². The van der Waals surface area contributed by atoms with Gasteiger partial charge in [-0.2, -0.15) is 5.10 Å².